The molecule has 1 nitrogen and oxygen atoms in total. The third-order valence-electron chi connectivity index (χ3n) is 4.03. The lowest BCUT2D eigenvalue weighted by atomic mass is 9.86. The van der Waals surface area contributed by atoms with Gasteiger partial charge in [-0.25, -0.2) is 0 Å². The lowest BCUT2D eigenvalue weighted by Crippen LogP contribution is -2.21. The largest absolute Gasteiger partial charge is 0.348 e. The first-order valence-electron chi connectivity index (χ1n) is 6.67. The van der Waals surface area contributed by atoms with Gasteiger partial charge in [0.1, 0.15) is 0 Å². The molecule has 0 bridgehead atoms. The second-order valence-electron chi connectivity index (χ2n) is 5.43. The summed E-state index contributed by atoms with van der Waals surface area (Å²) in [5.74, 6) is 0.668. The normalized spacial score (nSPS) is 14.1. The fourth-order valence-electron chi connectivity index (χ4n) is 2.25. The molecule has 0 fully saturated rings. The number of nitrogens with zero attached hydrogens (tertiary/aromatic N) is 1. The van der Waals surface area contributed by atoms with Gasteiger partial charge < -0.3 is 4.57 Å². The quantitative estimate of drug-likeness (QED) is 0.678. The summed E-state index contributed by atoms with van der Waals surface area (Å²) in [6, 6.07) is 4.65. The number of hydrogen-bond acceptors (Lipinski definition) is 0. The molecule has 92 valence electrons. The van der Waals surface area contributed by atoms with Crippen LogP contribution in [0.4, 0.5) is 0 Å². The minimum Gasteiger partial charge on any atom is -0.348 e. The van der Waals surface area contributed by atoms with Gasteiger partial charge in [0, 0.05) is 23.3 Å². The van der Waals surface area contributed by atoms with Gasteiger partial charge in [0.05, 0.1) is 0 Å². The SMILES string of the molecule is CCC(C)c1ccc(C(C)(C)CC)n1CC. The van der Waals surface area contributed by atoms with Crippen LogP contribution in [0.1, 0.15) is 71.7 Å². The third kappa shape index (κ3) is 2.34. The van der Waals surface area contributed by atoms with E-state index in [0.29, 0.717) is 11.3 Å². The zero-order valence-corrected chi connectivity index (χ0v) is 11.8. The molecule has 1 heteroatoms. The van der Waals surface area contributed by atoms with Crippen LogP contribution >= 0.6 is 0 Å². The monoisotopic (exact) mass is 221 g/mol. The highest BCUT2D eigenvalue weighted by atomic mass is 15.0. The van der Waals surface area contributed by atoms with Crippen molar-refractivity contribution < 1.29 is 0 Å². The summed E-state index contributed by atoms with van der Waals surface area (Å²) in [7, 11) is 0. The van der Waals surface area contributed by atoms with Crippen LogP contribution in [0.2, 0.25) is 0 Å². The Kier molecular flexibility index (Phi) is 4.23. The zero-order chi connectivity index (χ0) is 12.3. The summed E-state index contributed by atoms with van der Waals surface area (Å²) in [5, 5.41) is 0. The van der Waals surface area contributed by atoms with Crippen LogP contribution in [0.3, 0.4) is 0 Å². The predicted molar refractivity (Wildman–Crippen MR) is 72.1 cm³/mol. The standard InChI is InChI=1S/C15H27N/c1-7-12(4)13-10-11-14(16(13)9-3)15(5,6)8-2/h10-12H,7-9H2,1-6H3. The highest BCUT2D eigenvalue weighted by Gasteiger charge is 2.23. The van der Waals surface area contributed by atoms with E-state index in [-0.39, 0.29) is 0 Å². The molecule has 0 saturated carbocycles. The van der Waals surface area contributed by atoms with E-state index in [1.807, 2.05) is 0 Å². The average molecular weight is 221 g/mol. The molecule has 0 spiro atoms. The summed E-state index contributed by atoms with van der Waals surface area (Å²) in [4.78, 5) is 0. The van der Waals surface area contributed by atoms with Crippen LogP contribution in [0.15, 0.2) is 12.1 Å². The predicted octanol–water partition coefficient (Wildman–Crippen LogP) is 4.71. The van der Waals surface area contributed by atoms with Gasteiger partial charge in [-0.15, -0.1) is 0 Å². The molecule has 0 amide bonds. The Labute approximate surface area is 101 Å². The van der Waals surface area contributed by atoms with Crippen LogP contribution in [0.25, 0.3) is 0 Å². The van der Waals surface area contributed by atoms with E-state index in [9.17, 15) is 0 Å². The molecular formula is C15H27N. The van der Waals surface area contributed by atoms with Crippen molar-refractivity contribution in [2.75, 3.05) is 0 Å². The van der Waals surface area contributed by atoms with E-state index in [1.165, 1.54) is 24.2 Å². The molecule has 1 atom stereocenters. The van der Waals surface area contributed by atoms with E-state index in [2.05, 4.69) is 58.2 Å². The molecule has 0 aromatic carbocycles. The van der Waals surface area contributed by atoms with Crippen molar-refractivity contribution in [2.24, 2.45) is 0 Å². The van der Waals surface area contributed by atoms with Crippen molar-refractivity contribution in [1.82, 2.24) is 4.57 Å². The maximum absolute atomic E-state index is 2.51. The Morgan fingerprint density at radius 1 is 1.19 bits per heavy atom. The van der Waals surface area contributed by atoms with Crippen molar-refractivity contribution >= 4 is 0 Å². The molecule has 16 heavy (non-hydrogen) atoms. The molecule has 1 aromatic rings. The molecule has 0 saturated heterocycles. The zero-order valence-electron chi connectivity index (χ0n) is 11.8. The van der Waals surface area contributed by atoms with Crippen LogP contribution < -0.4 is 0 Å². The second kappa shape index (κ2) is 5.07. The van der Waals surface area contributed by atoms with E-state index >= 15 is 0 Å². The fraction of sp³-hybridized carbons (Fsp3) is 0.733. The minimum absolute atomic E-state index is 0.293. The molecule has 1 aromatic heterocycles. The molecule has 0 radical (unpaired) electrons. The van der Waals surface area contributed by atoms with E-state index < -0.39 is 0 Å². The van der Waals surface area contributed by atoms with E-state index in [4.69, 9.17) is 0 Å². The number of hydrogen-bond donors (Lipinski definition) is 0. The molecule has 0 aliphatic heterocycles. The molecule has 1 rings (SSSR count). The first-order chi connectivity index (χ1) is 7.47. The Morgan fingerprint density at radius 2 is 1.81 bits per heavy atom. The highest BCUT2D eigenvalue weighted by Crippen LogP contribution is 2.31. The van der Waals surface area contributed by atoms with Gasteiger partial charge in [-0.3, -0.25) is 0 Å². The van der Waals surface area contributed by atoms with Crippen molar-refractivity contribution in [2.45, 2.75) is 72.3 Å². The van der Waals surface area contributed by atoms with Gasteiger partial charge in [-0.1, -0.05) is 34.6 Å². The maximum Gasteiger partial charge on any atom is 0.0233 e. The van der Waals surface area contributed by atoms with E-state index in [1.54, 1.807) is 0 Å². The Morgan fingerprint density at radius 3 is 2.25 bits per heavy atom. The molecule has 1 unspecified atom stereocenters. The van der Waals surface area contributed by atoms with Gasteiger partial charge in [-0.05, 0) is 37.8 Å². The highest BCUT2D eigenvalue weighted by molar-refractivity contribution is 5.25. The Hall–Kier alpha value is -0.720. The van der Waals surface area contributed by atoms with Crippen LogP contribution in [0, 0.1) is 0 Å². The maximum atomic E-state index is 2.51. The van der Waals surface area contributed by atoms with Crippen LogP contribution in [-0.2, 0) is 12.0 Å². The third-order valence-corrected chi connectivity index (χ3v) is 4.03. The van der Waals surface area contributed by atoms with Crippen molar-refractivity contribution in [3.05, 3.63) is 23.5 Å². The average Bonchev–Trinajstić information content (AvgIpc) is 2.72. The van der Waals surface area contributed by atoms with Gasteiger partial charge in [0.15, 0.2) is 0 Å². The lowest BCUT2D eigenvalue weighted by molar-refractivity contribution is 0.454. The van der Waals surface area contributed by atoms with Gasteiger partial charge in [-0.2, -0.15) is 0 Å². The van der Waals surface area contributed by atoms with Gasteiger partial charge in [0.25, 0.3) is 0 Å². The number of rotatable bonds is 5. The van der Waals surface area contributed by atoms with Crippen LogP contribution in [-0.4, -0.2) is 4.57 Å². The van der Waals surface area contributed by atoms with Crippen LogP contribution in [0.5, 0.6) is 0 Å². The fourth-order valence-corrected chi connectivity index (χ4v) is 2.25. The summed E-state index contributed by atoms with van der Waals surface area (Å²) in [5.41, 5.74) is 3.29. The van der Waals surface area contributed by atoms with Gasteiger partial charge >= 0.3 is 0 Å². The smallest absolute Gasteiger partial charge is 0.0233 e. The Balaban J connectivity index is 3.18. The summed E-state index contributed by atoms with van der Waals surface area (Å²) < 4.78 is 2.51. The molecule has 1 heterocycles. The van der Waals surface area contributed by atoms with Crippen molar-refractivity contribution in [3.8, 4) is 0 Å². The molecule has 0 N–H and O–H groups in total. The topological polar surface area (TPSA) is 4.93 Å². The summed E-state index contributed by atoms with van der Waals surface area (Å²) in [6.07, 6.45) is 2.41. The summed E-state index contributed by atoms with van der Waals surface area (Å²) >= 11 is 0. The first-order valence-corrected chi connectivity index (χ1v) is 6.67. The molecular weight excluding hydrogens is 194 g/mol. The van der Waals surface area contributed by atoms with Gasteiger partial charge in [0.2, 0.25) is 0 Å². The molecule has 0 aliphatic rings. The lowest BCUT2D eigenvalue weighted by Gasteiger charge is -2.26. The van der Waals surface area contributed by atoms with E-state index in [0.717, 1.165) is 6.54 Å². The first kappa shape index (κ1) is 13.3. The Bertz CT molecular complexity index is 333. The van der Waals surface area contributed by atoms with Crippen molar-refractivity contribution in [3.63, 3.8) is 0 Å². The minimum atomic E-state index is 0.293. The number of aromatic nitrogens is 1. The summed E-state index contributed by atoms with van der Waals surface area (Å²) in [6.45, 7) is 14.9. The molecule has 0 aliphatic carbocycles. The second-order valence-corrected chi connectivity index (χ2v) is 5.43. The van der Waals surface area contributed by atoms with Crippen molar-refractivity contribution in [1.29, 1.82) is 0 Å².